The Hall–Kier alpha value is -2.02. The number of thiol groups is 1. The van der Waals surface area contributed by atoms with Crippen molar-refractivity contribution in [1.82, 2.24) is 14.9 Å². The Labute approximate surface area is 233 Å². The van der Waals surface area contributed by atoms with Crippen LogP contribution in [-0.4, -0.2) is 64.5 Å². The molecule has 2 rings (SSSR count). The van der Waals surface area contributed by atoms with Gasteiger partial charge in [0, 0.05) is 49.9 Å². The van der Waals surface area contributed by atoms with Crippen LogP contribution in [-0.2, 0) is 14.8 Å². The molecule has 3 amide bonds. The molecule has 2 aromatic rings. The highest BCUT2D eigenvalue weighted by molar-refractivity contribution is 7.96. The summed E-state index contributed by atoms with van der Waals surface area (Å²) in [4.78, 5) is 26.0. The van der Waals surface area contributed by atoms with Crippen molar-refractivity contribution in [3.63, 3.8) is 0 Å². The molecular formula is C24H32Cl2N4O5S2. The summed E-state index contributed by atoms with van der Waals surface area (Å²) in [5, 5.41) is 5.41. The molecule has 37 heavy (non-hydrogen) atoms. The predicted octanol–water partition coefficient (Wildman–Crippen LogP) is 4.98. The fourth-order valence-electron chi connectivity index (χ4n) is 3.73. The number of halogens is 2. The van der Waals surface area contributed by atoms with Gasteiger partial charge in [0.25, 0.3) is 5.24 Å². The number of methoxy groups -OCH3 is 1. The Morgan fingerprint density at radius 3 is 2.51 bits per heavy atom. The lowest BCUT2D eigenvalue weighted by atomic mass is 9.97. The van der Waals surface area contributed by atoms with E-state index < -0.39 is 15.3 Å². The van der Waals surface area contributed by atoms with Crippen LogP contribution in [0.2, 0.25) is 10.0 Å². The Morgan fingerprint density at radius 2 is 1.86 bits per heavy atom. The number of benzene rings is 2. The molecule has 0 saturated carbocycles. The SMILES string of the molecule is CCNC(=O)N(CCCCNS(=O)(=O)c1ccc(Cl)cc1Cl)C[C@H](COC)c1ccccc1NC(=O)S. The fraction of sp³-hybridized carbons (Fsp3) is 0.417. The van der Waals surface area contributed by atoms with Gasteiger partial charge in [0.15, 0.2) is 0 Å². The molecule has 0 bridgehead atoms. The van der Waals surface area contributed by atoms with Crippen LogP contribution in [0.15, 0.2) is 47.4 Å². The lowest BCUT2D eigenvalue weighted by Gasteiger charge is -2.29. The first-order valence-electron chi connectivity index (χ1n) is 11.6. The van der Waals surface area contributed by atoms with Crippen LogP contribution < -0.4 is 15.4 Å². The molecule has 0 spiro atoms. The molecule has 0 aliphatic rings. The maximum absolute atomic E-state index is 12.8. The molecular weight excluding hydrogens is 559 g/mol. The van der Waals surface area contributed by atoms with Gasteiger partial charge in [0.05, 0.1) is 11.6 Å². The quantitative estimate of drug-likeness (QED) is 0.183. The molecule has 0 aromatic heterocycles. The minimum atomic E-state index is -3.80. The second-order valence-electron chi connectivity index (χ2n) is 8.13. The third-order valence-electron chi connectivity index (χ3n) is 5.40. The Morgan fingerprint density at radius 1 is 1.14 bits per heavy atom. The van der Waals surface area contributed by atoms with Gasteiger partial charge in [-0.2, -0.15) is 0 Å². The van der Waals surface area contributed by atoms with Crippen molar-refractivity contribution in [1.29, 1.82) is 0 Å². The van der Waals surface area contributed by atoms with E-state index in [1.54, 1.807) is 24.1 Å². The van der Waals surface area contributed by atoms with Gasteiger partial charge >= 0.3 is 6.03 Å². The minimum Gasteiger partial charge on any atom is -0.384 e. The molecule has 0 heterocycles. The average Bonchev–Trinajstić information content (AvgIpc) is 2.82. The Bertz CT molecular complexity index is 1170. The summed E-state index contributed by atoms with van der Waals surface area (Å²) in [6.07, 6.45) is 1.03. The van der Waals surface area contributed by atoms with E-state index in [9.17, 15) is 18.0 Å². The molecule has 0 aliphatic heterocycles. The van der Waals surface area contributed by atoms with Crippen molar-refractivity contribution in [2.45, 2.75) is 30.6 Å². The highest BCUT2D eigenvalue weighted by Crippen LogP contribution is 2.27. The smallest absolute Gasteiger partial charge is 0.317 e. The lowest BCUT2D eigenvalue weighted by Crippen LogP contribution is -2.43. The topological polar surface area (TPSA) is 117 Å². The van der Waals surface area contributed by atoms with Crippen LogP contribution in [0.1, 0.15) is 31.2 Å². The maximum Gasteiger partial charge on any atom is 0.317 e. The number of ether oxygens (including phenoxy) is 1. The van der Waals surface area contributed by atoms with E-state index in [0.29, 0.717) is 49.8 Å². The first-order valence-corrected chi connectivity index (χ1v) is 14.3. The molecule has 3 N–H and O–H groups in total. The van der Waals surface area contributed by atoms with Gasteiger partial charge in [0.2, 0.25) is 10.0 Å². The first-order chi connectivity index (χ1) is 17.6. The maximum atomic E-state index is 12.8. The third kappa shape index (κ3) is 9.99. The molecule has 0 unspecified atom stereocenters. The van der Waals surface area contributed by atoms with Gasteiger partial charge in [0.1, 0.15) is 4.90 Å². The fourth-order valence-corrected chi connectivity index (χ4v) is 5.70. The highest BCUT2D eigenvalue weighted by Gasteiger charge is 2.23. The molecule has 204 valence electrons. The zero-order chi connectivity index (χ0) is 27.4. The first kappa shape index (κ1) is 31.2. The van der Waals surface area contributed by atoms with Gasteiger partial charge < -0.3 is 20.3 Å². The summed E-state index contributed by atoms with van der Waals surface area (Å²) in [7, 11) is -2.23. The number of hydrogen-bond donors (Lipinski definition) is 4. The average molecular weight is 592 g/mol. The minimum absolute atomic E-state index is 0.0426. The van der Waals surface area contributed by atoms with Crippen molar-refractivity contribution in [3.05, 3.63) is 58.1 Å². The number of urea groups is 1. The number of unbranched alkanes of at least 4 members (excludes halogenated alkanes) is 1. The largest absolute Gasteiger partial charge is 0.384 e. The van der Waals surface area contributed by atoms with Crippen LogP contribution >= 0.6 is 35.8 Å². The van der Waals surface area contributed by atoms with E-state index >= 15 is 0 Å². The molecule has 0 radical (unpaired) electrons. The summed E-state index contributed by atoms with van der Waals surface area (Å²) in [6, 6.07) is 11.2. The number of amides is 3. The van der Waals surface area contributed by atoms with Gasteiger partial charge in [-0.3, -0.25) is 4.79 Å². The standard InChI is InChI=1S/C24H32Cl2N4O5S2/c1-3-27-23(31)30(15-17(16-35-2)19-8-4-5-9-21(19)29-24(32)36)13-7-6-12-28-37(33,34)22-11-10-18(25)14-20(22)26/h4-5,8-11,14,17,28H,3,6-7,12-13,15-16H2,1-2H3,(H,27,31)(H2,29,32,36)/t17-/m1/s1. The van der Waals surface area contributed by atoms with Gasteiger partial charge in [-0.05, 0) is 49.6 Å². The predicted molar refractivity (Wildman–Crippen MR) is 151 cm³/mol. The van der Waals surface area contributed by atoms with E-state index in [4.69, 9.17) is 27.9 Å². The second kappa shape index (κ2) is 15.4. The van der Waals surface area contributed by atoms with Crippen molar-refractivity contribution >= 4 is 62.8 Å². The van der Waals surface area contributed by atoms with Crippen molar-refractivity contribution in [2.75, 3.05) is 45.2 Å². The van der Waals surface area contributed by atoms with Gasteiger partial charge in [-0.1, -0.05) is 54.0 Å². The Kier molecular flexibility index (Phi) is 13.0. The number of nitrogens with zero attached hydrogens (tertiary/aromatic N) is 1. The zero-order valence-corrected chi connectivity index (χ0v) is 23.9. The lowest BCUT2D eigenvalue weighted by molar-refractivity contribution is 0.152. The molecule has 0 aliphatic carbocycles. The summed E-state index contributed by atoms with van der Waals surface area (Å²) in [5.41, 5.74) is 1.41. The zero-order valence-electron chi connectivity index (χ0n) is 20.7. The van der Waals surface area contributed by atoms with Crippen LogP contribution in [0.25, 0.3) is 0 Å². The number of para-hydroxylation sites is 1. The van der Waals surface area contributed by atoms with Crippen molar-refractivity contribution < 1.29 is 22.7 Å². The van der Waals surface area contributed by atoms with E-state index in [1.807, 2.05) is 19.1 Å². The van der Waals surface area contributed by atoms with Crippen molar-refractivity contribution in [2.24, 2.45) is 0 Å². The normalized spacial score (nSPS) is 12.1. The molecule has 1 atom stereocenters. The number of carbonyl (C=O) groups excluding carboxylic acids is 2. The molecule has 0 saturated heterocycles. The van der Waals surface area contributed by atoms with Crippen LogP contribution in [0, 0.1) is 0 Å². The molecule has 0 fully saturated rings. The van der Waals surface area contributed by atoms with Crippen LogP contribution in [0.4, 0.5) is 15.3 Å². The van der Waals surface area contributed by atoms with Gasteiger partial charge in [-0.15, -0.1) is 0 Å². The number of hydrogen-bond acceptors (Lipinski definition) is 5. The second-order valence-corrected chi connectivity index (χ2v) is 11.1. The van der Waals surface area contributed by atoms with Crippen LogP contribution in [0.3, 0.4) is 0 Å². The monoisotopic (exact) mass is 590 g/mol. The van der Waals surface area contributed by atoms with Crippen molar-refractivity contribution in [3.8, 4) is 0 Å². The number of sulfonamides is 1. The summed E-state index contributed by atoms with van der Waals surface area (Å²) >= 11 is 15.7. The summed E-state index contributed by atoms with van der Waals surface area (Å²) in [5.74, 6) is -0.227. The number of nitrogens with one attached hydrogen (secondary N) is 3. The van der Waals surface area contributed by atoms with E-state index in [2.05, 4.69) is 28.0 Å². The van der Waals surface area contributed by atoms with E-state index in [0.717, 1.165) is 5.56 Å². The van der Waals surface area contributed by atoms with Gasteiger partial charge in [-0.25, -0.2) is 17.9 Å². The molecule has 13 heteroatoms. The summed E-state index contributed by atoms with van der Waals surface area (Å²) < 4.78 is 33.1. The number of anilines is 1. The number of rotatable bonds is 14. The molecule has 2 aromatic carbocycles. The van der Waals surface area contributed by atoms with E-state index in [1.165, 1.54) is 18.2 Å². The molecule has 9 nitrogen and oxygen atoms in total. The van der Waals surface area contributed by atoms with Crippen LogP contribution in [0.5, 0.6) is 0 Å². The number of carbonyl (C=O) groups is 2. The summed E-state index contributed by atoms with van der Waals surface area (Å²) in [6.45, 7) is 3.48. The Balaban J connectivity index is 2.05. The van der Waals surface area contributed by atoms with E-state index in [-0.39, 0.29) is 28.4 Å². The highest BCUT2D eigenvalue weighted by atomic mass is 35.5. The third-order valence-corrected chi connectivity index (χ3v) is 7.69.